The maximum atomic E-state index is 12.5. The van der Waals surface area contributed by atoms with Crippen LogP contribution in [0.15, 0.2) is 29.1 Å². The molecule has 0 spiro atoms. The lowest BCUT2D eigenvalue weighted by atomic mass is 9.72. The molecule has 21 heavy (non-hydrogen) atoms. The van der Waals surface area contributed by atoms with Crippen LogP contribution in [0.4, 0.5) is 5.95 Å². The number of nitrogens with zero attached hydrogens (tertiary/aromatic N) is 1. The van der Waals surface area contributed by atoms with Crippen molar-refractivity contribution in [1.29, 1.82) is 0 Å². The van der Waals surface area contributed by atoms with Gasteiger partial charge < -0.3 is 10.4 Å². The molecule has 1 aromatic carbocycles. The number of aromatic nitrogens is 2. The molecular weight excluding hydrogens is 266 g/mol. The molecule has 0 fully saturated rings. The molecule has 1 aromatic heterocycles. The van der Waals surface area contributed by atoms with E-state index in [0.717, 1.165) is 23.2 Å². The number of benzene rings is 1. The second-order valence-electron chi connectivity index (χ2n) is 6.01. The standard InChI is InChI=1S/C16H19N3O2/c1-16(2)9-10-5-3-4-6-11(10)13-12(16)14(21)19-15(18-13)17-7-8-20/h3-6,20H,7-9H2,1-2H3,(H2,17,18,19,21). The molecule has 0 bridgehead atoms. The van der Waals surface area contributed by atoms with Crippen LogP contribution in [0, 0.1) is 0 Å². The molecule has 3 N–H and O–H groups in total. The molecule has 1 heterocycles. The highest BCUT2D eigenvalue weighted by molar-refractivity contribution is 5.72. The zero-order valence-electron chi connectivity index (χ0n) is 12.2. The summed E-state index contributed by atoms with van der Waals surface area (Å²) >= 11 is 0. The Hall–Kier alpha value is -2.14. The third kappa shape index (κ3) is 2.34. The molecule has 5 heteroatoms. The van der Waals surface area contributed by atoms with Crippen LogP contribution < -0.4 is 10.9 Å². The summed E-state index contributed by atoms with van der Waals surface area (Å²) < 4.78 is 0. The first kappa shape index (κ1) is 13.8. The van der Waals surface area contributed by atoms with E-state index in [0.29, 0.717) is 12.5 Å². The fraction of sp³-hybridized carbons (Fsp3) is 0.375. The molecule has 5 nitrogen and oxygen atoms in total. The van der Waals surface area contributed by atoms with Crippen molar-refractivity contribution in [3.8, 4) is 11.3 Å². The Balaban J connectivity index is 2.22. The van der Waals surface area contributed by atoms with Gasteiger partial charge in [0, 0.05) is 23.1 Å². The second-order valence-corrected chi connectivity index (χ2v) is 6.01. The van der Waals surface area contributed by atoms with Crippen molar-refractivity contribution in [2.45, 2.75) is 25.7 Å². The van der Waals surface area contributed by atoms with E-state index in [1.807, 2.05) is 18.2 Å². The minimum Gasteiger partial charge on any atom is -0.395 e. The highest BCUT2D eigenvalue weighted by atomic mass is 16.3. The van der Waals surface area contributed by atoms with Gasteiger partial charge in [-0.05, 0) is 12.0 Å². The molecule has 0 unspecified atom stereocenters. The van der Waals surface area contributed by atoms with E-state index in [-0.39, 0.29) is 17.6 Å². The van der Waals surface area contributed by atoms with Gasteiger partial charge in [0.25, 0.3) is 5.56 Å². The van der Waals surface area contributed by atoms with Crippen molar-refractivity contribution in [3.63, 3.8) is 0 Å². The highest BCUT2D eigenvalue weighted by Gasteiger charge is 2.34. The molecule has 0 atom stereocenters. The maximum Gasteiger partial charge on any atom is 0.256 e. The average molecular weight is 285 g/mol. The molecule has 1 aliphatic rings. The zero-order chi connectivity index (χ0) is 15.0. The van der Waals surface area contributed by atoms with Crippen LogP contribution in [0.3, 0.4) is 0 Å². The number of aromatic amines is 1. The minimum atomic E-state index is -0.250. The first-order chi connectivity index (χ1) is 10.0. The Morgan fingerprint density at radius 3 is 2.90 bits per heavy atom. The number of H-pyrrole nitrogens is 1. The van der Waals surface area contributed by atoms with Gasteiger partial charge in [0.2, 0.25) is 5.95 Å². The smallest absolute Gasteiger partial charge is 0.256 e. The maximum absolute atomic E-state index is 12.5. The van der Waals surface area contributed by atoms with Crippen molar-refractivity contribution >= 4 is 5.95 Å². The minimum absolute atomic E-state index is 0.0110. The van der Waals surface area contributed by atoms with Crippen molar-refractivity contribution in [2.75, 3.05) is 18.5 Å². The Morgan fingerprint density at radius 2 is 2.14 bits per heavy atom. The summed E-state index contributed by atoms with van der Waals surface area (Å²) in [6.45, 7) is 4.48. The van der Waals surface area contributed by atoms with E-state index in [9.17, 15) is 4.79 Å². The number of hydrogen-bond acceptors (Lipinski definition) is 4. The third-order valence-electron chi connectivity index (χ3n) is 3.91. The molecule has 0 saturated heterocycles. The SMILES string of the molecule is CC1(C)Cc2ccccc2-c2nc(NCCO)[nH]c(=O)c21. The summed E-state index contributed by atoms with van der Waals surface area (Å²) in [5.74, 6) is 0.403. The number of nitrogens with one attached hydrogen (secondary N) is 2. The van der Waals surface area contributed by atoms with E-state index in [1.165, 1.54) is 5.56 Å². The molecule has 0 saturated carbocycles. The van der Waals surface area contributed by atoms with E-state index < -0.39 is 0 Å². The molecule has 2 aromatic rings. The van der Waals surface area contributed by atoms with E-state index >= 15 is 0 Å². The van der Waals surface area contributed by atoms with Gasteiger partial charge in [-0.25, -0.2) is 4.98 Å². The van der Waals surface area contributed by atoms with E-state index in [1.54, 1.807) is 0 Å². The Labute approximate surface area is 123 Å². The van der Waals surface area contributed by atoms with Gasteiger partial charge in [0.05, 0.1) is 12.3 Å². The van der Waals surface area contributed by atoms with Gasteiger partial charge >= 0.3 is 0 Å². The van der Waals surface area contributed by atoms with E-state index in [4.69, 9.17) is 5.11 Å². The van der Waals surface area contributed by atoms with Gasteiger partial charge in [0.15, 0.2) is 0 Å². The van der Waals surface area contributed by atoms with Crippen LogP contribution in [-0.2, 0) is 11.8 Å². The van der Waals surface area contributed by atoms with Crippen LogP contribution >= 0.6 is 0 Å². The van der Waals surface area contributed by atoms with Crippen LogP contribution in [-0.4, -0.2) is 28.2 Å². The summed E-state index contributed by atoms with van der Waals surface area (Å²) in [5.41, 5.74) is 3.34. The van der Waals surface area contributed by atoms with Crippen molar-refractivity contribution in [3.05, 3.63) is 45.7 Å². The number of hydrogen-bond donors (Lipinski definition) is 3. The molecule has 0 aliphatic heterocycles. The summed E-state index contributed by atoms with van der Waals surface area (Å²) in [7, 11) is 0. The monoisotopic (exact) mass is 285 g/mol. The third-order valence-corrected chi connectivity index (χ3v) is 3.91. The van der Waals surface area contributed by atoms with Gasteiger partial charge in [-0.1, -0.05) is 38.1 Å². The van der Waals surface area contributed by atoms with Crippen molar-refractivity contribution in [1.82, 2.24) is 9.97 Å². The second kappa shape index (κ2) is 5.00. The average Bonchev–Trinajstić information content (AvgIpc) is 2.43. The Morgan fingerprint density at radius 1 is 1.38 bits per heavy atom. The van der Waals surface area contributed by atoms with Crippen molar-refractivity contribution < 1.29 is 5.11 Å². The summed E-state index contributed by atoms with van der Waals surface area (Å²) in [6, 6.07) is 8.07. The lowest BCUT2D eigenvalue weighted by molar-refractivity contribution is 0.310. The number of aliphatic hydroxyl groups is 1. The van der Waals surface area contributed by atoms with Crippen LogP contribution in [0.2, 0.25) is 0 Å². The van der Waals surface area contributed by atoms with Gasteiger partial charge in [-0.2, -0.15) is 0 Å². The lowest BCUT2D eigenvalue weighted by Crippen LogP contribution is -2.34. The molecule has 1 aliphatic carbocycles. The topological polar surface area (TPSA) is 78.0 Å². The normalized spacial score (nSPS) is 15.2. The van der Waals surface area contributed by atoms with Gasteiger partial charge in [0.1, 0.15) is 0 Å². The Bertz CT molecular complexity index is 735. The quantitative estimate of drug-likeness (QED) is 0.801. The highest BCUT2D eigenvalue weighted by Crippen LogP contribution is 2.40. The molecule has 110 valence electrons. The first-order valence-corrected chi connectivity index (χ1v) is 7.11. The lowest BCUT2D eigenvalue weighted by Gasteiger charge is -2.32. The number of anilines is 1. The summed E-state index contributed by atoms with van der Waals surface area (Å²) in [6.07, 6.45) is 0.824. The predicted octanol–water partition coefficient (Wildman–Crippen LogP) is 1.67. The van der Waals surface area contributed by atoms with Gasteiger partial charge in [-0.3, -0.25) is 9.78 Å². The molecule has 0 radical (unpaired) electrons. The fourth-order valence-corrected chi connectivity index (χ4v) is 3.02. The van der Waals surface area contributed by atoms with Crippen LogP contribution in [0.1, 0.15) is 25.0 Å². The zero-order valence-corrected chi connectivity index (χ0v) is 12.2. The number of aliphatic hydroxyl groups excluding tert-OH is 1. The predicted molar refractivity (Wildman–Crippen MR) is 82.6 cm³/mol. The molecular formula is C16H19N3O2. The summed E-state index contributed by atoms with van der Waals surface area (Å²) in [4.78, 5) is 19.8. The van der Waals surface area contributed by atoms with E-state index in [2.05, 4.69) is 35.2 Å². The first-order valence-electron chi connectivity index (χ1n) is 7.11. The largest absolute Gasteiger partial charge is 0.395 e. The van der Waals surface area contributed by atoms with Crippen molar-refractivity contribution in [2.24, 2.45) is 0 Å². The van der Waals surface area contributed by atoms with Crippen LogP contribution in [0.25, 0.3) is 11.3 Å². The molecule has 0 amide bonds. The number of rotatable bonds is 3. The van der Waals surface area contributed by atoms with Crippen LogP contribution in [0.5, 0.6) is 0 Å². The Kier molecular flexibility index (Phi) is 3.29. The summed E-state index contributed by atoms with van der Waals surface area (Å²) in [5, 5.41) is 11.8. The molecule has 3 rings (SSSR count). The number of fused-ring (bicyclic) bond motifs is 3. The van der Waals surface area contributed by atoms with Gasteiger partial charge in [-0.15, -0.1) is 0 Å². The fourth-order valence-electron chi connectivity index (χ4n) is 3.02.